The first-order valence-corrected chi connectivity index (χ1v) is 6.13. The Morgan fingerprint density at radius 3 is 2.79 bits per heavy atom. The van der Waals surface area contributed by atoms with Crippen LogP contribution in [0.5, 0.6) is 0 Å². The van der Waals surface area contributed by atoms with Gasteiger partial charge in [0.1, 0.15) is 0 Å². The third kappa shape index (κ3) is 2.12. The van der Waals surface area contributed by atoms with Crippen LogP contribution in [0.3, 0.4) is 0 Å². The van der Waals surface area contributed by atoms with E-state index >= 15 is 0 Å². The molecule has 0 spiro atoms. The predicted octanol–water partition coefficient (Wildman–Crippen LogP) is 2.38. The van der Waals surface area contributed by atoms with Gasteiger partial charge in [-0.05, 0) is 37.3 Å². The molecule has 1 aliphatic carbocycles. The summed E-state index contributed by atoms with van der Waals surface area (Å²) in [4.78, 5) is 1.29. The molecule has 1 aromatic rings. The number of nitrogens with one attached hydrogen (secondary N) is 1. The van der Waals surface area contributed by atoms with Gasteiger partial charge in [0.25, 0.3) is 0 Å². The predicted molar refractivity (Wildman–Crippen MR) is 58.3 cm³/mol. The molecule has 0 amide bonds. The first-order chi connectivity index (χ1) is 6.92. The van der Waals surface area contributed by atoms with Crippen LogP contribution in [0.1, 0.15) is 43.0 Å². The van der Waals surface area contributed by atoms with Crippen molar-refractivity contribution < 1.29 is 0 Å². The van der Waals surface area contributed by atoms with E-state index in [0.717, 1.165) is 5.92 Å². The average molecular weight is 211 g/mol. The van der Waals surface area contributed by atoms with Gasteiger partial charge < -0.3 is 5.32 Å². The topological polar surface area (TPSA) is 37.8 Å². The summed E-state index contributed by atoms with van der Waals surface area (Å²) in [5, 5.41) is 7.32. The zero-order valence-corrected chi connectivity index (χ0v) is 9.39. The average Bonchev–Trinajstić information content (AvgIpc) is 2.74. The molecule has 0 bridgehead atoms. The van der Waals surface area contributed by atoms with Crippen LogP contribution in [0.2, 0.25) is 0 Å². The maximum absolute atomic E-state index is 3.94. The number of hydrogen-bond acceptors (Lipinski definition) is 4. The van der Waals surface area contributed by atoms with Crippen molar-refractivity contribution in [3.8, 4) is 0 Å². The molecule has 3 nitrogen and oxygen atoms in total. The van der Waals surface area contributed by atoms with Crippen molar-refractivity contribution in [1.82, 2.24) is 14.9 Å². The summed E-state index contributed by atoms with van der Waals surface area (Å²) in [5.74, 6) is 0.788. The van der Waals surface area contributed by atoms with Crippen molar-refractivity contribution in [1.29, 1.82) is 0 Å². The molecule has 1 N–H and O–H groups in total. The van der Waals surface area contributed by atoms with Crippen LogP contribution < -0.4 is 5.32 Å². The first kappa shape index (κ1) is 10.1. The van der Waals surface area contributed by atoms with Crippen LogP contribution >= 0.6 is 11.5 Å². The summed E-state index contributed by atoms with van der Waals surface area (Å²) in [6, 6.07) is 0.482. The summed E-state index contributed by atoms with van der Waals surface area (Å²) in [6.07, 6.45) is 8.78. The number of hydrogen-bond donors (Lipinski definition) is 1. The van der Waals surface area contributed by atoms with Crippen molar-refractivity contribution in [3.05, 3.63) is 11.1 Å². The maximum atomic E-state index is 3.94. The van der Waals surface area contributed by atoms with Gasteiger partial charge in [-0.3, -0.25) is 0 Å². The van der Waals surface area contributed by atoms with Gasteiger partial charge in [0.05, 0.1) is 11.1 Å². The molecule has 1 unspecified atom stereocenters. The number of aromatic nitrogens is 2. The summed E-state index contributed by atoms with van der Waals surface area (Å²) >= 11 is 1.53. The zero-order chi connectivity index (χ0) is 9.80. The Morgan fingerprint density at radius 2 is 2.21 bits per heavy atom. The zero-order valence-electron chi connectivity index (χ0n) is 8.57. The Bertz CT molecular complexity index is 254. The van der Waals surface area contributed by atoms with Crippen molar-refractivity contribution in [3.63, 3.8) is 0 Å². The van der Waals surface area contributed by atoms with Gasteiger partial charge in [-0.15, -0.1) is 5.10 Å². The van der Waals surface area contributed by atoms with Gasteiger partial charge in [0.2, 0.25) is 0 Å². The maximum Gasteiger partial charge on any atom is 0.0669 e. The minimum Gasteiger partial charge on any atom is -0.312 e. The van der Waals surface area contributed by atoms with Gasteiger partial charge in [-0.25, -0.2) is 0 Å². The molecule has 0 saturated heterocycles. The lowest BCUT2D eigenvalue weighted by Crippen LogP contribution is -2.26. The number of rotatable bonds is 3. The van der Waals surface area contributed by atoms with E-state index in [2.05, 4.69) is 14.9 Å². The molecule has 2 rings (SSSR count). The molecule has 1 saturated carbocycles. The second-order valence-corrected chi connectivity index (χ2v) is 4.80. The molecule has 0 radical (unpaired) electrons. The summed E-state index contributed by atoms with van der Waals surface area (Å²) in [7, 11) is 2.04. The first-order valence-electron chi connectivity index (χ1n) is 5.36. The molecule has 1 aliphatic rings. The smallest absolute Gasteiger partial charge is 0.0669 e. The third-order valence-electron chi connectivity index (χ3n) is 3.12. The Balaban J connectivity index is 2.04. The summed E-state index contributed by atoms with van der Waals surface area (Å²) < 4.78 is 3.94. The second kappa shape index (κ2) is 4.84. The highest BCUT2D eigenvalue weighted by Gasteiger charge is 2.24. The lowest BCUT2D eigenvalue weighted by molar-refractivity contribution is 0.284. The minimum atomic E-state index is 0.482. The Hall–Kier alpha value is -0.480. The Labute approximate surface area is 89.1 Å². The van der Waals surface area contributed by atoms with Crippen molar-refractivity contribution in [2.45, 2.75) is 38.1 Å². The van der Waals surface area contributed by atoms with E-state index in [1.165, 1.54) is 48.5 Å². The molecule has 1 atom stereocenters. The molecule has 1 heterocycles. The largest absolute Gasteiger partial charge is 0.312 e. The summed E-state index contributed by atoms with van der Waals surface area (Å²) in [5.41, 5.74) is 0. The highest BCUT2D eigenvalue weighted by Crippen LogP contribution is 2.34. The van der Waals surface area contributed by atoms with Gasteiger partial charge in [0, 0.05) is 6.04 Å². The van der Waals surface area contributed by atoms with Crippen LogP contribution in [0.25, 0.3) is 0 Å². The second-order valence-electron chi connectivity index (χ2n) is 3.98. The van der Waals surface area contributed by atoms with Crippen LogP contribution in [0.4, 0.5) is 0 Å². The van der Waals surface area contributed by atoms with E-state index in [1.54, 1.807) is 0 Å². The minimum absolute atomic E-state index is 0.482. The molecule has 14 heavy (non-hydrogen) atoms. The third-order valence-corrected chi connectivity index (χ3v) is 3.86. The van der Waals surface area contributed by atoms with Crippen LogP contribution in [-0.4, -0.2) is 16.6 Å². The van der Waals surface area contributed by atoms with Gasteiger partial charge >= 0.3 is 0 Å². The normalized spacial score (nSPS) is 20.9. The Morgan fingerprint density at radius 1 is 1.43 bits per heavy atom. The van der Waals surface area contributed by atoms with Crippen LogP contribution in [-0.2, 0) is 0 Å². The monoisotopic (exact) mass is 211 g/mol. The molecule has 4 heteroatoms. The molecular formula is C10H17N3S. The number of nitrogens with zero attached hydrogens (tertiary/aromatic N) is 2. The van der Waals surface area contributed by atoms with E-state index in [9.17, 15) is 0 Å². The molecular weight excluding hydrogens is 194 g/mol. The SMILES string of the molecule is CNC(c1cnns1)C1CCCCC1. The van der Waals surface area contributed by atoms with Crippen molar-refractivity contribution >= 4 is 11.5 Å². The fourth-order valence-corrected chi connectivity index (χ4v) is 3.10. The van der Waals surface area contributed by atoms with Crippen molar-refractivity contribution in [2.75, 3.05) is 7.05 Å². The lowest BCUT2D eigenvalue weighted by atomic mass is 9.83. The fourth-order valence-electron chi connectivity index (χ4n) is 2.39. The van der Waals surface area contributed by atoms with Gasteiger partial charge in [0.15, 0.2) is 0 Å². The molecule has 0 aromatic carbocycles. The van der Waals surface area contributed by atoms with Crippen LogP contribution in [0.15, 0.2) is 6.20 Å². The molecule has 1 fully saturated rings. The van der Waals surface area contributed by atoms with Gasteiger partial charge in [-0.1, -0.05) is 23.8 Å². The van der Waals surface area contributed by atoms with Gasteiger partial charge in [-0.2, -0.15) is 0 Å². The van der Waals surface area contributed by atoms with E-state index in [0.29, 0.717) is 6.04 Å². The van der Waals surface area contributed by atoms with E-state index < -0.39 is 0 Å². The van der Waals surface area contributed by atoms with E-state index in [4.69, 9.17) is 0 Å². The molecule has 1 aromatic heterocycles. The van der Waals surface area contributed by atoms with E-state index in [-0.39, 0.29) is 0 Å². The molecule has 0 aliphatic heterocycles. The highest BCUT2D eigenvalue weighted by molar-refractivity contribution is 7.05. The Kier molecular flexibility index (Phi) is 3.48. The lowest BCUT2D eigenvalue weighted by Gasteiger charge is -2.28. The van der Waals surface area contributed by atoms with E-state index in [1.807, 2.05) is 13.2 Å². The standard InChI is InChI=1S/C10H17N3S/c1-11-10(9-7-12-13-14-9)8-5-3-2-4-6-8/h7-8,10-11H,2-6H2,1H3. The molecule has 78 valence electrons. The fraction of sp³-hybridized carbons (Fsp3) is 0.800. The van der Waals surface area contributed by atoms with Crippen LogP contribution in [0, 0.1) is 5.92 Å². The quantitative estimate of drug-likeness (QED) is 0.834. The van der Waals surface area contributed by atoms with Crippen molar-refractivity contribution in [2.24, 2.45) is 5.92 Å². The highest BCUT2D eigenvalue weighted by atomic mass is 32.1. The summed E-state index contributed by atoms with van der Waals surface area (Å²) in [6.45, 7) is 0.